The Labute approximate surface area is 111 Å². The normalized spacial score (nSPS) is 19.6. The van der Waals surface area contributed by atoms with Crippen molar-refractivity contribution in [3.8, 4) is 0 Å². The Morgan fingerprint density at radius 3 is 2.39 bits per heavy atom. The van der Waals surface area contributed by atoms with Gasteiger partial charge in [0.1, 0.15) is 0 Å². The van der Waals surface area contributed by atoms with Crippen LogP contribution in [0.4, 0.5) is 0 Å². The van der Waals surface area contributed by atoms with Gasteiger partial charge >= 0.3 is 0 Å². The van der Waals surface area contributed by atoms with Crippen LogP contribution in [0.1, 0.15) is 46.5 Å². The molecule has 1 unspecified atom stereocenters. The van der Waals surface area contributed by atoms with E-state index >= 15 is 0 Å². The second-order valence-electron chi connectivity index (χ2n) is 5.40. The molecule has 1 saturated heterocycles. The molecule has 1 aliphatic rings. The van der Waals surface area contributed by atoms with Gasteiger partial charge in [-0.15, -0.1) is 0 Å². The fraction of sp³-hybridized carbons (Fsp3) is 0.929. The van der Waals surface area contributed by atoms with E-state index in [1.807, 2.05) is 13.8 Å². The molecule has 3 N–H and O–H groups in total. The third-order valence-electron chi connectivity index (χ3n) is 4.56. The maximum Gasteiger partial charge on any atom is 0.227 e. The molecule has 0 saturated carbocycles. The Balaban J connectivity index is 2.56. The molecule has 4 nitrogen and oxygen atoms in total. The number of nitrogens with two attached hydrogens (primary N) is 1. The fourth-order valence-electron chi connectivity index (χ4n) is 2.65. The van der Waals surface area contributed by atoms with Crippen molar-refractivity contribution < 1.29 is 9.53 Å². The Morgan fingerprint density at radius 2 is 1.94 bits per heavy atom. The van der Waals surface area contributed by atoms with Crippen molar-refractivity contribution >= 4 is 5.91 Å². The minimum Gasteiger partial charge on any atom is -0.381 e. The second-order valence-corrected chi connectivity index (χ2v) is 5.40. The van der Waals surface area contributed by atoms with Crippen molar-refractivity contribution in [1.29, 1.82) is 0 Å². The maximum absolute atomic E-state index is 12.4. The van der Waals surface area contributed by atoms with E-state index in [2.05, 4.69) is 12.2 Å². The number of amides is 1. The van der Waals surface area contributed by atoms with Crippen molar-refractivity contribution in [2.24, 2.45) is 17.1 Å². The van der Waals surface area contributed by atoms with Crippen LogP contribution in [0.3, 0.4) is 0 Å². The monoisotopic (exact) mass is 256 g/mol. The van der Waals surface area contributed by atoms with Gasteiger partial charge in [0.25, 0.3) is 0 Å². The van der Waals surface area contributed by atoms with E-state index in [9.17, 15) is 4.79 Å². The summed E-state index contributed by atoms with van der Waals surface area (Å²) in [5.41, 5.74) is 5.41. The van der Waals surface area contributed by atoms with Gasteiger partial charge in [0.2, 0.25) is 5.91 Å². The van der Waals surface area contributed by atoms with Crippen molar-refractivity contribution in [3.63, 3.8) is 0 Å². The first kappa shape index (κ1) is 15.4. The van der Waals surface area contributed by atoms with Gasteiger partial charge < -0.3 is 15.8 Å². The molecular formula is C14H28N2O2. The largest absolute Gasteiger partial charge is 0.381 e. The highest BCUT2D eigenvalue weighted by atomic mass is 16.5. The van der Waals surface area contributed by atoms with Crippen LogP contribution in [0.15, 0.2) is 0 Å². The lowest BCUT2D eigenvalue weighted by molar-refractivity contribution is -0.132. The topological polar surface area (TPSA) is 64.4 Å². The van der Waals surface area contributed by atoms with Crippen LogP contribution in [0, 0.1) is 11.3 Å². The van der Waals surface area contributed by atoms with E-state index in [0.717, 1.165) is 38.9 Å². The van der Waals surface area contributed by atoms with Crippen LogP contribution >= 0.6 is 0 Å². The summed E-state index contributed by atoms with van der Waals surface area (Å²) in [6, 6.07) is 0.213. The zero-order chi connectivity index (χ0) is 13.6. The lowest BCUT2D eigenvalue weighted by atomic mass is 9.80. The Kier molecular flexibility index (Phi) is 6.09. The first-order valence-electron chi connectivity index (χ1n) is 7.18. The first-order chi connectivity index (χ1) is 8.59. The molecule has 0 aromatic heterocycles. The van der Waals surface area contributed by atoms with Crippen LogP contribution < -0.4 is 11.1 Å². The zero-order valence-corrected chi connectivity index (χ0v) is 12.0. The van der Waals surface area contributed by atoms with Gasteiger partial charge in [-0.1, -0.05) is 13.8 Å². The predicted octanol–water partition coefficient (Wildman–Crippen LogP) is 1.68. The highest BCUT2D eigenvalue weighted by molar-refractivity contribution is 5.83. The molecular weight excluding hydrogens is 228 g/mol. The molecule has 0 aliphatic carbocycles. The van der Waals surface area contributed by atoms with Crippen LogP contribution in [0.5, 0.6) is 0 Å². The van der Waals surface area contributed by atoms with E-state index in [0.29, 0.717) is 12.5 Å². The number of carbonyl (C=O) groups excluding carboxylic acids is 1. The summed E-state index contributed by atoms with van der Waals surface area (Å²) in [4.78, 5) is 12.4. The third-order valence-corrected chi connectivity index (χ3v) is 4.56. The predicted molar refractivity (Wildman–Crippen MR) is 73.2 cm³/mol. The highest BCUT2D eigenvalue weighted by Crippen LogP contribution is 2.26. The molecule has 18 heavy (non-hydrogen) atoms. The van der Waals surface area contributed by atoms with Gasteiger partial charge in [0.15, 0.2) is 0 Å². The summed E-state index contributed by atoms with van der Waals surface area (Å²) >= 11 is 0. The zero-order valence-electron chi connectivity index (χ0n) is 12.0. The third kappa shape index (κ3) is 3.45. The minimum absolute atomic E-state index is 0.119. The number of hydrogen-bond donors (Lipinski definition) is 2. The fourth-order valence-corrected chi connectivity index (χ4v) is 2.65. The van der Waals surface area contributed by atoms with Crippen molar-refractivity contribution in [1.82, 2.24) is 5.32 Å². The summed E-state index contributed by atoms with van der Waals surface area (Å²) in [6.45, 7) is 8.22. The summed E-state index contributed by atoms with van der Waals surface area (Å²) in [6.07, 6.45) is 3.67. The number of ether oxygens (including phenoxy) is 1. The number of nitrogens with one attached hydrogen (secondary N) is 1. The van der Waals surface area contributed by atoms with Gasteiger partial charge in [0, 0.05) is 25.8 Å². The van der Waals surface area contributed by atoms with E-state index in [4.69, 9.17) is 10.5 Å². The molecule has 1 aliphatic heterocycles. The quantitative estimate of drug-likeness (QED) is 0.760. The van der Waals surface area contributed by atoms with Gasteiger partial charge in [-0.3, -0.25) is 4.79 Å². The average molecular weight is 256 g/mol. The summed E-state index contributed by atoms with van der Waals surface area (Å²) < 4.78 is 5.35. The number of hydrogen-bond acceptors (Lipinski definition) is 3. The molecule has 0 aromatic carbocycles. The molecule has 0 spiro atoms. The number of rotatable bonds is 6. The minimum atomic E-state index is -0.389. The number of carbonyl (C=O) groups is 1. The molecule has 1 fully saturated rings. The summed E-state index contributed by atoms with van der Waals surface area (Å²) in [5.74, 6) is 0.654. The molecule has 1 rings (SSSR count). The molecule has 0 radical (unpaired) electrons. The Bertz CT molecular complexity index is 250. The molecule has 0 aromatic rings. The standard InChI is InChI=1S/C14H28N2O2/c1-4-14(5-2,10-15)13(17)16-11(3)12-6-8-18-9-7-12/h11-12H,4-10,15H2,1-3H3,(H,16,17). The van der Waals surface area contributed by atoms with Gasteiger partial charge in [-0.25, -0.2) is 0 Å². The van der Waals surface area contributed by atoms with Crippen LogP contribution in [0.25, 0.3) is 0 Å². The molecule has 0 bridgehead atoms. The van der Waals surface area contributed by atoms with Gasteiger partial charge in [-0.2, -0.15) is 0 Å². The van der Waals surface area contributed by atoms with Crippen molar-refractivity contribution in [2.45, 2.75) is 52.5 Å². The molecule has 1 amide bonds. The van der Waals surface area contributed by atoms with Gasteiger partial charge in [0.05, 0.1) is 5.41 Å². The van der Waals surface area contributed by atoms with Crippen LogP contribution in [-0.4, -0.2) is 31.7 Å². The lowest BCUT2D eigenvalue weighted by Gasteiger charge is -2.34. The first-order valence-corrected chi connectivity index (χ1v) is 7.18. The van der Waals surface area contributed by atoms with E-state index in [-0.39, 0.29) is 17.4 Å². The molecule has 1 heterocycles. The summed E-state index contributed by atoms with van der Waals surface area (Å²) in [5, 5.41) is 3.17. The molecule has 1 atom stereocenters. The van der Waals surface area contributed by atoms with Gasteiger partial charge in [-0.05, 0) is 38.5 Å². The van der Waals surface area contributed by atoms with Crippen LogP contribution in [0.2, 0.25) is 0 Å². The summed E-state index contributed by atoms with van der Waals surface area (Å²) in [7, 11) is 0. The van der Waals surface area contributed by atoms with E-state index in [1.54, 1.807) is 0 Å². The van der Waals surface area contributed by atoms with Crippen LogP contribution in [-0.2, 0) is 9.53 Å². The highest BCUT2D eigenvalue weighted by Gasteiger charge is 2.35. The lowest BCUT2D eigenvalue weighted by Crippen LogP contribution is -2.50. The SMILES string of the molecule is CCC(CC)(CN)C(=O)NC(C)C1CCOCC1. The Hall–Kier alpha value is -0.610. The second kappa shape index (κ2) is 7.10. The molecule has 106 valence electrons. The van der Waals surface area contributed by atoms with E-state index in [1.165, 1.54) is 0 Å². The van der Waals surface area contributed by atoms with Crippen molar-refractivity contribution in [2.75, 3.05) is 19.8 Å². The Morgan fingerprint density at radius 1 is 1.39 bits per heavy atom. The van der Waals surface area contributed by atoms with Crippen molar-refractivity contribution in [3.05, 3.63) is 0 Å². The smallest absolute Gasteiger partial charge is 0.227 e. The molecule has 4 heteroatoms. The maximum atomic E-state index is 12.4. The average Bonchev–Trinajstić information content (AvgIpc) is 2.42. The van der Waals surface area contributed by atoms with E-state index < -0.39 is 0 Å².